The Labute approximate surface area is 136 Å². The molecular weight excluding hydrogens is 332 g/mol. The molecule has 0 aliphatic rings. The van der Waals surface area contributed by atoms with E-state index in [0.717, 1.165) is 6.08 Å². The summed E-state index contributed by atoms with van der Waals surface area (Å²) in [7, 11) is 0. The molecule has 0 saturated carbocycles. The third kappa shape index (κ3) is 11.6. The van der Waals surface area contributed by atoms with Gasteiger partial charge < -0.3 is 26.0 Å². The van der Waals surface area contributed by atoms with Crippen molar-refractivity contribution < 1.29 is 29.7 Å². The van der Waals surface area contributed by atoms with Crippen molar-refractivity contribution in [3.05, 3.63) is 41.2 Å². The number of thiol groups is 1. The van der Waals surface area contributed by atoms with Gasteiger partial charge in [0.15, 0.2) is 0 Å². The highest BCUT2D eigenvalue weighted by atomic mass is 32.1. The molecule has 0 aliphatic heterocycles. The van der Waals surface area contributed by atoms with Crippen LogP contribution in [0.5, 0.6) is 0 Å². The summed E-state index contributed by atoms with van der Waals surface area (Å²) in [4.78, 5) is 32.0. The van der Waals surface area contributed by atoms with Gasteiger partial charge in [-0.3, -0.25) is 4.79 Å². The van der Waals surface area contributed by atoms with Gasteiger partial charge in [0, 0.05) is 18.0 Å². The molecule has 1 aromatic rings. The van der Waals surface area contributed by atoms with E-state index in [1.54, 1.807) is 12.3 Å². The van der Waals surface area contributed by atoms with E-state index in [1.807, 2.05) is 0 Å². The minimum absolute atomic E-state index is 0.137. The first-order chi connectivity index (χ1) is 10.2. The molecule has 10 heteroatoms. The number of carboxylic acids is 3. The predicted octanol–water partition coefficient (Wildman–Crippen LogP) is 1.03. The maximum absolute atomic E-state index is 10.3. The lowest BCUT2D eigenvalue weighted by atomic mass is 10.3. The average Bonchev–Trinajstić information content (AvgIpc) is 2.47. The number of aromatic carboxylic acids is 1. The van der Waals surface area contributed by atoms with Crippen LogP contribution in [0.4, 0.5) is 0 Å². The summed E-state index contributed by atoms with van der Waals surface area (Å²) in [5.41, 5.74) is 5.08. The fourth-order valence-electron chi connectivity index (χ4n) is 0.668. The first-order valence-corrected chi connectivity index (χ1v) is 6.57. The van der Waals surface area contributed by atoms with Gasteiger partial charge in [0.1, 0.15) is 10.7 Å². The summed E-state index contributed by atoms with van der Waals surface area (Å²) < 4.78 is 0.259. The molecule has 1 heterocycles. The molecule has 122 valence electrons. The molecule has 0 aromatic carbocycles. The van der Waals surface area contributed by atoms with Crippen molar-refractivity contribution in [2.45, 2.75) is 6.04 Å². The number of pyridine rings is 1. The fourth-order valence-corrected chi connectivity index (χ4v) is 1.05. The number of H-pyrrole nitrogens is 1. The Morgan fingerprint density at radius 3 is 2.09 bits per heavy atom. The number of nitrogens with one attached hydrogen (secondary N) is 1. The number of hydrogen-bond donors (Lipinski definition) is 6. The molecule has 0 radical (unpaired) electrons. The summed E-state index contributed by atoms with van der Waals surface area (Å²) >= 11 is 8.34. The summed E-state index contributed by atoms with van der Waals surface area (Å²) in [5.74, 6) is -2.79. The van der Waals surface area contributed by atoms with Crippen LogP contribution < -0.4 is 5.73 Å². The lowest BCUT2D eigenvalue weighted by Crippen LogP contribution is -2.31. The molecule has 1 rings (SSSR count). The first-order valence-electron chi connectivity index (χ1n) is 5.52. The smallest absolute Gasteiger partial charge is 0.338 e. The maximum Gasteiger partial charge on any atom is 0.338 e. The van der Waals surface area contributed by atoms with E-state index in [1.165, 1.54) is 6.07 Å². The number of aromatic nitrogens is 1. The number of carboxylic acid groups (broad SMARTS) is 3. The molecular formula is C12H16N2O6S2. The molecule has 6 N–H and O–H groups in total. The lowest BCUT2D eigenvalue weighted by molar-refractivity contribution is -0.138. The van der Waals surface area contributed by atoms with E-state index in [4.69, 9.17) is 33.3 Å². The Hall–Kier alpha value is -2.17. The number of rotatable bonds is 4. The van der Waals surface area contributed by atoms with E-state index >= 15 is 0 Å². The van der Waals surface area contributed by atoms with E-state index in [0.29, 0.717) is 0 Å². The molecule has 22 heavy (non-hydrogen) atoms. The molecule has 8 nitrogen and oxygen atoms in total. The van der Waals surface area contributed by atoms with Crippen LogP contribution in [0.25, 0.3) is 0 Å². The van der Waals surface area contributed by atoms with Gasteiger partial charge in [0.05, 0.1) is 5.56 Å². The Kier molecular flexibility index (Phi) is 12.6. The Morgan fingerprint density at radius 1 is 1.41 bits per heavy atom. The van der Waals surface area contributed by atoms with Crippen molar-refractivity contribution in [1.29, 1.82) is 0 Å². The summed E-state index contributed by atoms with van der Waals surface area (Å²) in [5, 5.41) is 24.1. The second-order valence-electron chi connectivity index (χ2n) is 3.39. The third-order valence-electron chi connectivity index (χ3n) is 1.74. The first kappa shape index (κ1) is 22.1. The van der Waals surface area contributed by atoms with Crippen molar-refractivity contribution in [2.75, 3.05) is 5.75 Å². The van der Waals surface area contributed by atoms with Crippen molar-refractivity contribution in [3.8, 4) is 0 Å². The lowest BCUT2D eigenvalue weighted by Gasteiger charge is -1.96. The minimum Gasteiger partial charge on any atom is -0.480 e. The third-order valence-corrected chi connectivity index (χ3v) is 2.47. The predicted molar refractivity (Wildman–Crippen MR) is 85.9 cm³/mol. The van der Waals surface area contributed by atoms with Crippen LogP contribution in [-0.4, -0.2) is 50.0 Å². The Bertz CT molecular complexity index is 573. The molecule has 0 unspecified atom stereocenters. The Morgan fingerprint density at radius 2 is 1.91 bits per heavy atom. The highest BCUT2D eigenvalue weighted by molar-refractivity contribution is 7.80. The van der Waals surface area contributed by atoms with Crippen LogP contribution in [-0.2, 0) is 9.59 Å². The summed E-state index contributed by atoms with van der Waals surface area (Å²) in [6, 6.07) is 2.24. The van der Waals surface area contributed by atoms with Crippen LogP contribution in [0.2, 0.25) is 0 Å². The second-order valence-corrected chi connectivity index (χ2v) is 4.16. The number of hydrogen-bond acceptors (Lipinski definition) is 6. The largest absolute Gasteiger partial charge is 0.480 e. The van der Waals surface area contributed by atoms with Gasteiger partial charge in [0.2, 0.25) is 0 Å². The zero-order valence-electron chi connectivity index (χ0n) is 11.3. The van der Waals surface area contributed by atoms with E-state index in [2.05, 4.69) is 24.2 Å². The van der Waals surface area contributed by atoms with Crippen molar-refractivity contribution in [2.24, 2.45) is 5.73 Å². The number of aliphatic carboxylic acids is 2. The van der Waals surface area contributed by atoms with E-state index in [-0.39, 0.29) is 16.0 Å². The quantitative estimate of drug-likeness (QED) is 0.268. The van der Waals surface area contributed by atoms with Crippen LogP contribution >= 0.6 is 24.8 Å². The molecule has 0 spiro atoms. The standard InChI is InChI=1S/C6H5NO2S.C3H7NO2S.C3H4O2/c8-6(9)4-2-1-3-7-5(4)10;4-2(1-7)3(5)6;1-2-3(4)5/h1-3H,(H,7,10)(H,8,9);2,7H,1,4H2,(H,5,6);2H,1H2,(H,4,5)/t;2-;/m.0./s1. The summed E-state index contributed by atoms with van der Waals surface area (Å²) in [6.45, 7) is 2.96. The van der Waals surface area contributed by atoms with Crippen LogP contribution in [0.3, 0.4) is 0 Å². The second kappa shape index (κ2) is 12.6. The zero-order valence-corrected chi connectivity index (χ0v) is 13.0. The molecule has 0 aliphatic carbocycles. The number of aromatic amines is 1. The average molecular weight is 348 g/mol. The van der Waals surface area contributed by atoms with E-state index in [9.17, 15) is 14.4 Å². The molecule has 0 saturated heterocycles. The Balaban J connectivity index is 0. The molecule has 0 bridgehead atoms. The highest BCUT2D eigenvalue weighted by Gasteiger charge is 2.06. The van der Waals surface area contributed by atoms with Crippen molar-refractivity contribution in [1.82, 2.24) is 4.98 Å². The summed E-state index contributed by atoms with van der Waals surface area (Å²) in [6.07, 6.45) is 2.43. The van der Waals surface area contributed by atoms with Gasteiger partial charge in [-0.15, -0.1) is 0 Å². The maximum atomic E-state index is 10.3. The number of carbonyl (C=O) groups is 3. The SMILES string of the molecule is C=CC(=O)O.N[C@@H](CS)C(=O)O.O=C(O)c1ccc[nH]c1=S. The van der Waals surface area contributed by atoms with Gasteiger partial charge in [0.25, 0.3) is 0 Å². The van der Waals surface area contributed by atoms with Gasteiger partial charge in [-0.2, -0.15) is 12.6 Å². The van der Waals surface area contributed by atoms with Gasteiger partial charge in [-0.1, -0.05) is 18.8 Å². The zero-order chi connectivity index (χ0) is 17.7. The highest BCUT2D eigenvalue weighted by Crippen LogP contribution is 1.97. The number of nitrogens with two attached hydrogens (primary N) is 1. The molecule has 1 atom stereocenters. The van der Waals surface area contributed by atoms with Gasteiger partial charge in [-0.05, 0) is 12.1 Å². The van der Waals surface area contributed by atoms with Gasteiger partial charge in [-0.25, -0.2) is 9.59 Å². The van der Waals surface area contributed by atoms with Crippen LogP contribution in [0.15, 0.2) is 31.0 Å². The molecule has 0 amide bonds. The van der Waals surface area contributed by atoms with Crippen LogP contribution in [0, 0.1) is 4.64 Å². The van der Waals surface area contributed by atoms with Crippen LogP contribution in [0.1, 0.15) is 10.4 Å². The normalized spacial score (nSPS) is 9.91. The monoisotopic (exact) mass is 348 g/mol. The molecule has 0 fully saturated rings. The molecule has 1 aromatic heterocycles. The van der Waals surface area contributed by atoms with Crippen molar-refractivity contribution >= 4 is 42.8 Å². The fraction of sp³-hybridized carbons (Fsp3) is 0.167. The minimum atomic E-state index is -1.00. The van der Waals surface area contributed by atoms with E-state index < -0.39 is 23.9 Å². The topological polar surface area (TPSA) is 154 Å². The van der Waals surface area contributed by atoms with Gasteiger partial charge >= 0.3 is 17.9 Å². The van der Waals surface area contributed by atoms with Crippen molar-refractivity contribution in [3.63, 3.8) is 0 Å².